The van der Waals surface area contributed by atoms with Crippen LogP contribution >= 0.6 is 0 Å². The lowest BCUT2D eigenvalue weighted by atomic mass is 10.1. The molecule has 0 aliphatic heterocycles. The third-order valence-corrected chi connectivity index (χ3v) is 3.35. The zero-order valence-electron chi connectivity index (χ0n) is 13.0. The van der Waals surface area contributed by atoms with Crippen molar-refractivity contribution in [3.8, 4) is 5.75 Å². The van der Waals surface area contributed by atoms with Crippen LogP contribution in [0, 0.1) is 0 Å². The van der Waals surface area contributed by atoms with Gasteiger partial charge in [-0.2, -0.15) is 5.10 Å². The summed E-state index contributed by atoms with van der Waals surface area (Å²) in [6, 6.07) is 8.62. The summed E-state index contributed by atoms with van der Waals surface area (Å²) in [6.45, 7) is 2.07. The maximum absolute atomic E-state index is 12.2. The number of nitrogens with one attached hydrogen (secondary N) is 1. The van der Waals surface area contributed by atoms with Crippen LogP contribution in [-0.4, -0.2) is 27.9 Å². The molecule has 6 heteroatoms. The van der Waals surface area contributed by atoms with Crippen molar-refractivity contribution in [2.24, 2.45) is 7.05 Å². The number of aromatic nitrogens is 2. The number of carbonyl (C=O) groups is 1. The van der Waals surface area contributed by atoms with Crippen molar-refractivity contribution in [3.05, 3.63) is 41.6 Å². The molecular formula is C16H21N3O3. The first-order chi connectivity index (χ1) is 10.5. The van der Waals surface area contributed by atoms with Gasteiger partial charge in [0.25, 0.3) is 5.91 Å². The Balaban J connectivity index is 2.10. The highest BCUT2D eigenvalue weighted by Crippen LogP contribution is 2.21. The summed E-state index contributed by atoms with van der Waals surface area (Å²) in [6.07, 6.45) is 0.568. The number of anilines is 1. The normalized spacial score (nSPS) is 12.0. The monoisotopic (exact) mass is 303 g/mol. The number of hydrogen-bond acceptors (Lipinski definition) is 4. The van der Waals surface area contributed by atoms with Crippen molar-refractivity contribution in [1.29, 1.82) is 0 Å². The molecule has 0 aliphatic carbocycles. The molecule has 1 atom stereocenters. The first kappa shape index (κ1) is 16.0. The van der Waals surface area contributed by atoms with E-state index in [1.54, 1.807) is 36.0 Å². The van der Waals surface area contributed by atoms with Gasteiger partial charge in [0, 0.05) is 13.1 Å². The average Bonchev–Trinajstić information content (AvgIpc) is 2.86. The van der Waals surface area contributed by atoms with Gasteiger partial charge in [-0.05, 0) is 24.1 Å². The molecular weight excluding hydrogens is 282 g/mol. The fraction of sp³-hybridized carbons (Fsp3) is 0.375. The van der Waals surface area contributed by atoms with Crippen LogP contribution in [0.15, 0.2) is 30.3 Å². The quantitative estimate of drug-likeness (QED) is 0.856. The zero-order chi connectivity index (χ0) is 16.1. The molecule has 0 bridgehead atoms. The van der Waals surface area contributed by atoms with Gasteiger partial charge >= 0.3 is 0 Å². The molecule has 6 nitrogen and oxygen atoms in total. The number of benzene rings is 1. The van der Waals surface area contributed by atoms with Crippen LogP contribution in [0.2, 0.25) is 0 Å². The van der Waals surface area contributed by atoms with Crippen LogP contribution in [0.25, 0.3) is 0 Å². The molecule has 2 aromatic rings. The van der Waals surface area contributed by atoms with Crippen LogP contribution in [-0.2, 0) is 18.3 Å². The van der Waals surface area contributed by atoms with E-state index in [1.807, 2.05) is 6.07 Å². The summed E-state index contributed by atoms with van der Waals surface area (Å²) in [4.78, 5) is 12.2. The molecule has 1 heterocycles. The van der Waals surface area contributed by atoms with E-state index in [2.05, 4.69) is 17.3 Å². The number of hydrogen-bond donors (Lipinski definition) is 2. The number of nitrogens with zero attached hydrogens (tertiary/aromatic N) is 2. The Morgan fingerprint density at radius 3 is 2.91 bits per heavy atom. The Labute approximate surface area is 129 Å². The van der Waals surface area contributed by atoms with E-state index in [9.17, 15) is 9.90 Å². The number of aryl methyl sites for hydroxylation is 2. The summed E-state index contributed by atoms with van der Waals surface area (Å²) in [5.41, 5.74) is 1.39. The van der Waals surface area contributed by atoms with Crippen molar-refractivity contribution in [2.45, 2.75) is 25.9 Å². The molecule has 1 aromatic carbocycles. The molecule has 2 N–H and O–H groups in total. The summed E-state index contributed by atoms with van der Waals surface area (Å²) in [5.74, 6) is 0.657. The molecule has 118 valence electrons. The second-order valence-electron chi connectivity index (χ2n) is 5.06. The minimum Gasteiger partial charge on any atom is -0.497 e. The Morgan fingerprint density at radius 2 is 2.23 bits per heavy atom. The summed E-state index contributed by atoms with van der Waals surface area (Å²) in [5, 5.41) is 17.2. The predicted octanol–water partition coefficient (Wildman–Crippen LogP) is 2.05. The Bertz CT molecular complexity index is 652. The minimum absolute atomic E-state index is 0.479. The maximum Gasteiger partial charge on any atom is 0.258 e. The first-order valence-corrected chi connectivity index (χ1v) is 7.21. The van der Waals surface area contributed by atoms with Crippen LogP contribution < -0.4 is 10.1 Å². The second kappa shape index (κ2) is 7.09. The van der Waals surface area contributed by atoms with Crippen molar-refractivity contribution < 1.29 is 14.6 Å². The van der Waals surface area contributed by atoms with Gasteiger partial charge in [0.2, 0.25) is 0 Å². The van der Waals surface area contributed by atoms with Gasteiger partial charge in [0.05, 0.1) is 12.8 Å². The fourth-order valence-electron chi connectivity index (χ4n) is 2.18. The van der Waals surface area contributed by atoms with Crippen LogP contribution in [0.3, 0.4) is 0 Å². The second-order valence-corrected chi connectivity index (χ2v) is 5.06. The van der Waals surface area contributed by atoms with E-state index in [-0.39, 0.29) is 0 Å². The molecule has 0 saturated carbocycles. The number of amides is 1. The minimum atomic E-state index is -1.26. The molecule has 2 rings (SSSR count). The van der Waals surface area contributed by atoms with Crippen molar-refractivity contribution in [1.82, 2.24) is 9.78 Å². The average molecular weight is 303 g/mol. The topological polar surface area (TPSA) is 76.4 Å². The van der Waals surface area contributed by atoms with Crippen LogP contribution in [0.1, 0.15) is 30.7 Å². The van der Waals surface area contributed by atoms with Gasteiger partial charge < -0.3 is 15.2 Å². The first-order valence-electron chi connectivity index (χ1n) is 7.21. The van der Waals surface area contributed by atoms with E-state index in [4.69, 9.17) is 4.74 Å². The molecule has 22 heavy (non-hydrogen) atoms. The summed E-state index contributed by atoms with van der Waals surface area (Å²) >= 11 is 0. The predicted molar refractivity (Wildman–Crippen MR) is 83.8 cm³/mol. The van der Waals surface area contributed by atoms with Crippen molar-refractivity contribution >= 4 is 11.7 Å². The highest BCUT2D eigenvalue weighted by molar-refractivity contribution is 5.94. The van der Waals surface area contributed by atoms with Gasteiger partial charge in [-0.3, -0.25) is 9.48 Å². The Kier molecular flexibility index (Phi) is 5.16. The summed E-state index contributed by atoms with van der Waals surface area (Å²) < 4.78 is 6.69. The van der Waals surface area contributed by atoms with E-state index in [0.717, 1.165) is 18.5 Å². The third kappa shape index (κ3) is 3.65. The van der Waals surface area contributed by atoms with Gasteiger partial charge in [-0.15, -0.1) is 0 Å². The van der Waals surface area contributed by atoms with Crippen LogP contribution in [0.4, 0.5) is 5.82 Å². The van der Waals surface area contributed by atoms with Gasteiger partial charge in [-0.25, -0.2) is 0 Å². The van der Waals surface area contributed by atoms with E-state index in [1.165, 1.54) is 7.11 Å². The SMILES string of the molecule is CCCc1cc(NC(=O)C(O)c2cccc(OC)c2)n(C)n1. The van der Waals surface area contributed by atoms with E-state index < -0.39 is 12.0 Å². The molecule has 0 aliphatic rings. The third-order valence-electron chi connectivity index (χ3n) is 3.35. The number of aliphatic hydroxyl groups excluding tert-OH is 1. The molecule has 0 spiro atoms. The lowest BCUT2D eigenvalue weighted by molar-refractivity contribution is -0.124. The number of rotatable bonds is 6. The largest absolute Gasteiger partial charge is 0.497 e. The number of methoxy groups -OCH3 is 1. The summed E-state index contributed by atoms with van der Waals surface area (Å²) in [7, 11) is 3.29. The standard InChI is InChI=1S/C16H21N3O3/c1-4-6-12-10-14(19(2)18-12)17-16(21)15(20)11-7-5-8-13(9-11)22-3/h5,7-10,15,20H,4,6H2,1-3H3,(H,17,21). The maximum atomic E-state index is 12.2. The Hall–Kier alpha value is -2.34. The van der Waals surface area contributed by atoms with Crippen LogP contribution in [0.5, 0.6) is 5.75 Å². The molecule has 1 aromatic heterocycles. The van der Waals surface area contributed by atoms with Gasteiger partial charge in [-0.1, -0.05) is 25.5 Å². The lowest BCUT2D eigenvalue weighted by Gasteiger charge is -2.12. The highest BCUT2D eigenvalue weighted by atomic mass is 16.5. The molecule has 0 saturated heterocycles. The number of carbonyl (C=O) groups excluding carboxylic acids is 1. The highest BCUT2D eigenvalue weighted by Gasteiger charge is 2.19. The molecule has 0 fully saturated rings. The number of ether oxygens (including phenoxy) is 1. The Morgan fingerprint density at radius 1 is 1.45 bits per heavy atom. The fourth-order valence-corrected chi connectivity index (χ4v) is 2.18. The number of aliphatic hydroxyl groups is 1. The van der Waals surface area contributed by atoms with Crippen molar-refractivity contribution in [2.75, 3.05) is 12.4 Å². The van der Waals surface area contributed by atoms with E-state index in [0.29, 0.717) is 17.1 Å². The molecule has 1 amide bonds. The smallest absolute Gasteiger partial charge is 0.258 e. The zero-order valence-corrected chi connectivity index (χ0v) is 13.0. The van der Waals surface area contributed by atoms with Crippen molar-refractivity contribution in [3.63, 3.8) is 0 Å². The van der Waals surface area contributed by atoms with E-state index >= 15 is 0 Å². The molecule has 1 unspecified atom stereocenters. The lowest BCUT2D eigenvalue weighted by Crippen LogP contribution is -2.22. The van der Waals surface area contributed by atoms with Gasteiger partial charge in [0.1, 0.15) is 11.6 Å². The van der Waals surface area contributed by atoms with Gasteiger partial charge in [0.15, 0.2) is 6.10 Å². The molecule has 0 radical (unpaired) electrons.